The minimum atomic E-state index is -0.780. The molecule has 0 saturated carbocycles. The second-order valence-corrected chi connectivity index (χ2v) is 22.3. The van der Waals surface area contributed by atoms with Crippen LogP contribution in [0.5, 0.6) is 0 Å². The van der Waals surface area contributed by atoms with E-state index in [9.17, 15) is 14.4 Å². The van der Waals surface area contributed by atoms with Crippen LogP contribution in [0, 0.1) is 0 Å². The molecule has 0 fully saturated rings. The summed E-state index contributed by atoms with van der Waals surface area (Å²) in [6.07, 6.45) is 95.3. The molecule has 0 amide bonds. The summed E-state index contributed by atoms with van der Waals surface area (Å²) < 4.78 is 16.9. The lowest BCUT2D eigenvalue weighted by Crippen LogP contribution is -2.30. The van der Waals surface area contributed by atoms with Crippen molar-refractivity contribution in [1.82, 2.24) is 0 Å². The average Bonchev–Trinajstić information content (AvgIpc) is 3.47. The molecule has 0 aromatic heterocycles. The monoisotopic (exact) mass is 1120 g/mol. The van der Waals surface area contributed by atoms with Crippen LogP contribution in [0.1, 0.15) is 316 Å². The van der Waals surface area contributed by atoms with E-state index in [1.54, 1.807) is 0 Å². The van der Waals surface area contributed by atoms with Gasteiger partial charge >= 0.3 is 17.9 Å². The third-order valence-electron chi connectivity index (χ3n) is 14.5. The summed E-state index contributed by atoms with van der Waals surface area (Å²) in [6.45, 7) is 6.39. The van der Waals surface area contributed by atoms with Crippen molar-refractivity contribution >= 4 is 17.9 Å². The molecule has 6 nitrogen and oxygen atoms in total. The van der Waals surface area contributed by atoms with Crippen molar-refractivity contribution in [3.8, 4) is 0 Å². The Kier molecular flexibility index (Phi) is 64.8. The minimum absolute atomic E-state index is 0.0783. The van der Waals surface area contributed by atoms with E-state index in [1.807, 2.05) is 0 Å². The first-order valence-corrected chi connectivity index (χ1v) is 34.0. The lowest BCUT2D eigenvalue weighted by atomic mass is 10.0. The zero-order valence-corrected chi connectivity index (χ0v) is 53.0. The first kappa shape index (κ1) is 76.8. The largest absolute Gasteiger partial charge is 0.462 e. The molecule has 0 aliphatic heterocycles. The van der Waals surface area contributed by atoms with Gasteiger partial charge in [0.25, 0.3) is 0 Å². The summed E-state index contributed by atoms with van der Waals surface area (Å²) in [4.78, 5) is 38.2. The summed E-state index contributed by atoms with van der Waals surface area (Å²) >= 11 is 0. The molecule has 0 bridgehead atoms. The van der Waals surface area contributed by atoms with Gasteiger partial charge < -0.3 is 14.2 Å². The van der Waals surface area contributed by atoms with Crippen LogP contribution in [0.3, 0.4) is 0 Å². The Labute approximate surface area is 501 Å². The molecule has 0 saturated heterocycles. The third-order valence-corrected chi connectivity index (χ3v) is 14.5. The van der Waals surface area contributed by atoms with Crippen molar-refractivity contribution in [2.75, 3.05) is 13.2 Å². The van der Waals surface area contributed by atoms with Crippen LogP contribution >= 0.6 is 0 Å². The van der Waals surface area contributed by atoms with Gasteiger partial charge in [-0.3, -0.25) is 14.4 Å². The number of unbranched alkanes of at least 4 members (excludes halogenated alkanes) is 30. The quantitative estimate of drug-likeness (QED) is 0.0261. The summed E-state index contributed by atoms with van der Waals surface area (Å²) in [5, 5.41) is 0. The van der Waals surface area contributed by atoms with Crippen LogP contribution in [0.25, 0.3) is 0 Å². The SMILES string of the molecule is CC/C=C\C/C=C\C/C=C\C/C=C\C/C=C\C/C=C\CCCCCCCCCCCCCCCCC(=O)OCC(COC(=O)CCCCCCCCC)OC(=O)CCCCCCCCCCCC/C=C\C/C=C\C/C=C\C/C=C\CC. The van der Waals surface area contributed by atoms with Gasteiger partial charge in [-0.1, -0.05) is 309 Å². The second-order valence-electron chi connectivity index (χ2n) is 22.3. The number of ether oxygens (including phenoxy) is 3. The lowest BCUT2D eigenvalue weighted by molar-refractivity contribution is -0.167. The third kappa shape index (κ3) is 66.5. The van der Waals surface area contributed by atoms with Gasteiger partial charge in [-0.25, -0.2) is 0 Å². The van der Waals surface area contributed by atoms with Gasteiger partial charge in [-0.15, -0.1) is 0 Å². The zero-order chi connectivity index (χ0) is 58.5. The fourth-order valence-corrected chi connectivity index (χ4v) is 9.44. The number of carbonyl (C=O) groups is 3. The van der Waals surface area contributed by atoms with Crippen LogP contribution in [0.15, 0.2) is 122 Å². The van der Waals surface area contributed by atoms with Crippen molar-refractivity contribution in [3.63, 3.8) is 0 Å². The molecule has 0 heterocycles. The molecule has 462 valence electrons. The van der Waals surface area contributed by atoms with Crippen LogP contribution in [-0.4, -0.2) is 37.2 Å². The molecule has 0 aliphatic rings. The number of rotatable bonds is 61. The highest BCUT2D eigenvalue weighted by Gasteiger charge is 2.19. The van der Waals surface area contributed by atoms with Crippen LogP contribution < -0.4 is 0 Å². The number of hydrogen-bond acceptors (Lipinski definition) is 6. The van der Waals surface area contributed by atoms with E-state index in [0.29, 0.717) is 19.3 Å². The highest BCUT2D eigenvalue weighted by Crippen LogP contribution is 2.17. The van der Waals surface area contributed by atoms with Crippen molar-refractivity contribution in [2.24, 2.45) is 0 Å². The van der Waals surface area contributed by atoms with Crippen molar-refractivity contribution in [1.29, 1.82) is 0 Å². The molecule has 0 spiro atoms. The predicted octanol–water partition coefficient (Wildman–Crippen LogP) is 23.6. The van der Waals surface area contributed by atoms with E-state index >= 15 is 0 Å². The number of esters is 3. The van der Waals surface area contributed by atoms with E-state index in [2.05, 4.69) is 142 Å². The normalized spacial score (nSPS) is 12.9. The van der Waals surface area contributed by atoms with Crippen LogP contribution in [0.4, 0.5) is 0 Å². The van der Waals surface area contributed by atoms with E-state index in [4.69, 9.17) is 14.2 Å². The van der Waals surface area contributed by atoms with Gasteiger partial charge in [-0.2, -0.15) is 0 Å². The Morgan fingerprint density at radius 3 is 0.753 bits per heavy atom. The van der Waals surface area contributed by atoms with E-state index < -0.39 is 6.10 Å². The number of carbonyl (C=O) groups excluding carboxylic acids is 3. The van der Waals surface area contributed by atoms with Crippen LogP contribution in [-0.2, 0) is 28.6 Å². The van der Waals surface area contributed by atoms with Crippen molar-refractivity contribution in [3.05, 3.63) is 122 Å². The van der Waals surface area contributed by atoms with Gasteiger partial charge in [0.2, 0.25) is 0 Å². The number of allylic oxidation sites excluding steroid dienone is 20. The highest BCUT2D eigenvalue weighted by molar-refractivity contribution is 5.71. The Morgan fingerprint density at radius 1 is 0.259 bits per heavy atom. The molecule has 6 heteroatoms. The Morgan fingerprint density at radius 2 is 0.481 bits per heavy atom. The molecule has 0 aromatic carbocycles. The smallest absolute Gasteiger partial charge is 0.306 e. The predicted molar refractivity (Wildman–Crippen MR) is 353 cm³/mol. The Bertz CT molecular complexity index is 1670. The standard InChI is InChI=1S/C75H126O6/c1-4-7-10-13-16-18-20-22-24-26-28-30-32-33-34-35-36-37-38-39-40-41-43-44-46-48-50-52-54-56-59-62-65-68-74(77)80-71-72(70-79-73(76)67-64-61-58-15-12-9-6-3)81-75(78)69-66-63-60-57-55-53-51-49-47-45-42-31-29-27-25-23-21-19-17-14-11-8-5-2/h7-8,10-11,16-19,22-25,28-31,33-34,36-37,72H,4-6,9,12-15,20-21,26-27,32,35,38-71H2,1-3H3/b10-7-,11-8-,18-16-,19-17-,24-22-,25-23-,30-28-,31-29-,34-33-,37-36-. The maximum absolute atomic E-state index is 12.9. The fourth-order valence-electron chi connectivity index (χ4n) is 9.44. The summed E-state index contributed by atoms with van der Waals surface area (Å²) in [5.74, 6) is -0.881. The molecule has 0 radical (unpaired) electrons. The second kappa shape index (κ2) is 68.3. The molecule has 1 atom stereocenters. The number of hydrogen-bond donors (Lipinski definition) is 0. The highest BCUT2D eigenvalue weighted by atomic mass is 16.6. The zero-order valence-electron chi connectivity index (χ0n) is 53.0. The van der Waals surface area contributed by atoms with E-state index in [-0.39, 0.29) is 31.1 Å². The summed E-state index contributed by atoms with van der Waals surface area (Å²) in [7, 11) is 0. The maximum Gasteiger partial charge on any atom is 0.306 e. The molecule has 0 rings (SSSR count). The van der Waals surface area contributed by atoms with Gasteiger partial charge in [0.05, 0.1) is 0 Å². The van der Waals surface area contributed by atoms with Crippen LogP contribution in [0.2, 0.25) is 0 Å². The fraction of sp³-hybridized carbons (Fsp3) is 0.693. The van der Waals surface area contributed by atoms with Gasteiger partial charge in [0.15, 0.2) is 6.10 Å². The molecule has 0 aromatic rings. The minimum Gasteiger partial charge on any atom is -0.462 e. The van der Waals surface area contributed by atoms with Gasteiger partial charge in [-0.05, 0) is 109 Å². The molecule has 81 heavy (non-hydrogen) atoms. The topological polar surface area (TPSA) is 78.9 Å². The van der Waals surface area contributed by atoms with Crippen molar-refractivity contribution < 1.29 is 28.6 Å². The molecule has 1 unspecified atom stereocenters. The van der Waals surface area contributed by atoms with E-state index in [1.165, 1.54) is 154 Å². The van der Waals surface area contributed by atoms with Gasteiger partial charge in [0, 0.05) is 19.3 Å². The molecule has 0 aliphatic carbocycles. The molecular weight excluding hydrogens is 997 g/mol. The Balaban J connectivity index is 4.08. The first-order valence-electron chi connectivity index (χ1n) is 34.0. The average molecular weight is 1120 g/mol. The first-order chi connectivity index (χ1) is 40.0. The lowest BCUT2D eigenvalue weighted by Gasteiger charge is -2.18. The Hall–Kier alpha value is -4.19. The van der Waals surface area contributed by atoms with Crippen molar-refractivity contribution in [2.45, 2.75) is 322 Å². The summed E-state index contributed by atoms with van der Waals surface area (Å²) in [5.41, 5.74) is 0. The van der Waals surface area contributed by atoms with Gasteiger partial charge in [0.1, 0.15) is 13.2 Å². The van der Waals surface area contributed by atoms with E-state index in [0.717, 1.165) is 122 Å². The molecule has 0 N–H and O–H groups in total. The summed E-state index contributed by atoms with van der Waals surface area (Å²) in [6, 6.07) is 0. The maximum atomic E-state index is 12.9. The molecular formula is C75H126O6.